The Balaban J connectivity index is 2.35. The van der Waals surface area contributed by atoms with E-state index in [1.54, 1.807) is 13.8 Å². The molecule has 0 saturated carbocycles. The van der Waals surface area contributed by atoms with Gasteiger partial charge in [-0.05, 0) is 32.7 Å². The maximum atomic E-state index is 13.0. The number of imide groups is 1. The Bertz CT molecular complexity index is 451. The first-order chi connectivity index (χ1) is 9.21. The Morgan fingerprint density at radius 1 is 1.30 bits per heavy atom. The smallest absolute Gasteiger partial charge is 0.252 e. The Morgan fingerprint density at radius 2 is 1.95 bits per heavy atom. The molecule has 0 aromatic carbocycles. The van der Waals surface area contributed by atoms with E-state index in [-0.39, 0.29) is 18.4 Å². The zero-order chi connectivity index (χ0) is 15.1. The summed E-state index contributed by atoms with van der Waals surface area (Å²) in [6.45, 7) is 8.75. The van der Waals surface area contributed by atoms with Crippen molar-refractivity contribution in [3.8, 4) is 0 Å². The van der Waals surface area contributed by atoms with Crippen molar-refractivity contribution in [2.75, 3.05) is 19.6 Å². The number of carbonyl (C=O) groups is 3. The molecule has 2 aliphatic heterocycles. The summed E-state index contributed by atoms with van der Waals surface area (Å²) in [6.07, 6.45) is 0.742. The summed E-state index contributed by atoms with van der Waals surface area (Å²) in [4.78, 5) is 38.1. The summed E-state index contributed by atoms with van der Waals surface area (Å²) in [5.41, 5.74) is -1.51. The summed E-state index contributed by atoms with van der Waals surface area (Å²) < 4.78 is 0. The number of nitrogens with one attached hydrogen (secondary N) is 2. The van der Waals surface area contributed by atoms with Crippen molar-refractivity contribution >= 4 is 17.7 Å². The lowest BCUT2D eigenvalue weighted by molar-refractivity contribution is -0.162. The van der Waals surface area contributed by atoms with Gasteiger partial charge in [0.1, 0.15) is 12.1 Å². The van der Waals surface area contributed by atoms with E-state index in [1.807, 2.05) is 13.8 Å². The van der Waals surface area contributed by atoms with Crippen molar-refractivity contribution in [1.29, 1.82) is 0 Å². The molecule has 2 N–H and O–H groups in total. The first-order valence-corrected chi connectivity index (χ1v) is 7.09. The fourth-order valence-electron chi connectivity index (χ4n) is 3.01. The molecule has 0 aromatic rings. The molecule has 3 amide bonds. The normalized spacial score (nSPS) is 29.8. The largest absolute Gasteiger partial charge is 0.319 e. The first-order valence-electron chi connectivity index (χ1n) is 7.09. The standard InChI is InChI=1S/C14H23N3O3/c1-9(2)14(5-6-15-8-14)12(20)17-7-10(18)16-11(19)13(17,3)4/h9,15H,5-8H2,1-4H3,(H,16,18,19). The van der Waals surface area contributed by atoms with Crippen LogP contribution in [0, 0.1) is 11.3 Å². The number of rotatable bonds is 2. The molecule has 112 valence electrons. The van der Waals surface area contributed by atoms with Crippen molar-refractivity contribution in [2.45, 2.75) is 39.7 Å². The van der Waals surface area contributed by atoms with Gasteiger partial charge in [-0.25, -0.2) is 0 Å². The molecule has 2 aliphatic rings. The lowest BCUT2D eigenvalue weighted by Gasteiger charge is -2.45. The second kappa shape index (κ2) is 4.84. The number of nitrogens with zero attached hydrogens (tertiary/aromatic N) is 1. The summed E-state index contributed by atoms with van der Waals surface area (Å²) in [5, 5.41) is 5.53. The van der Waals surface area contributed by atoms with E-state index in [4.69, 9.17) is 0 Å². The quantitative estimate of drug-likeness (QED) is 0.692. The fraction of sp³-hybridized carbons (Fsp3) is 0.786. The molecule has 0 aromatic heterocycles. The zero-order valence-corrected chi connectivity index (χ0v) is 12.6. The molecule has 0 radical (unpaired) electrons. The van der Waals surface area contributed by atoms with Gasteiger partial charge < -0.3 is 10.2 Å². The summed E-state index contributed by atoms with van der Waals surface area (Å²) in [7, 11) is 0. The van der Waals surface area contributed by atoms with Crippen molar-refractivity contribution in [3.63, 3.8) is 0 Å². The van der Waals surface area contributed by atoms with Crippen molar-refractivity contribution in [1.82, 2.24) is 15.5 Å². The third kappa shape index (κ3) is 2.12. The molecule has 0 spiro atoms. The highest BCUT2D eigenvalue weighted by Crippen LogP contribution is 2.38. The molecule has 6 nitrogen and oxygen atoms in total. The predicted octanol–water partition coefficient (Wildman–Crippen LogP) is -0.114. The third-order valence-electron chi connectivity index (χ3n) is 4.75. The first kappa shape index (κ1) is 15.0. The van der Waals surface area contributed by atoms with Crippen LogP contribution in [0.5, 0.6) is 0 Å². The summed E-state index contributed by atoms with van der Waals surface area (Å²) in [5.74, 6) is -0.758. The highest BCUT2D eigenvalue weighted by molar-refractivity contribution is 6.06. The zero-order valence-electron chi connectivity index (χ0n) is 12.6. The van der Waals surface area contributed by atoms with Crippen molar-refractivity contribution < 1.29 is 14.4 Å². The van der Waals surface area contributed by atoms with Crippen molar-refractivity contribution in [3.05, 3.63) is 0 Å². The molecule has 6 heteroatoms. The molecular weight excluding hydrogens is 258 g/mol. The number of hydrogen-bond donors (Lipinski definition) is 2. The summed E-state index contributed by atoms with van der Waals surface area (Å²) >= 11 is 0. The lowest BCUT2D eigenvalue weighted by atomic mass is 9.74. The molecule has 20 heavy (non-hydrogen) atoms. The van der Waals surface area contributed by atoms with E-state index >= 15 is 0 Å². The Morgan fingerprint density at radius 3 is 2.45 bits per heavy atom. The monoisotopic (exact) mass is 281 g/mol. The van der Waals surface area contributed by atoms with Crippen LogP contribution in [0.4, 0.5) is 0 Å². The van der Waals surface area contributed by atoms with Gasteiger partial charge in [0.05, 0.1) is 5.41 Å². The van der Waals surface area contributed by atoms with Crippen LogP contribution in [0.3, 0.4) is 0 Å². The average Bonchev–Trinajstić information content (AvgIpc) is 2.83. The van der Waals surface area contributed by atoms with Crippen LogP contribution < -0.4 is 10.6 Å². The SMILES string of the molecule is CC(C)C1(C(=O)N2CC(=O)NC(=O)C2(C)C)CCNC1. The number of hydrogen-bond acceptors (Lipinski definition) is 4. The Hall–Kier alpha value is -1.43. The van der Waals surface area contributed by atoms with E-state index in [1.165, 1.54) is 4.90 Å². The van der Waals surface area contributed by atoms with Gasteiger partial charge in [0.15, 0.2) is 0 Å². The van der Waals surface area contributed by atoms with E-state index in [0.717, 1.165) is 13.0 Å². The van der Waals surface area contributed by atoms with E-state index < -0.39 is 22.8 Å². The van der Waals surface area contributed by atoms with E-state index in [9.17, 15) is 14.4 Å². The second-order valence-electron chi connectivity index (χ2n) is 6.57. The number of carbonyl (C=O) groups excluding carboxylic acids is 3. The number of piperazine rings is 1. The topological polar surface area (TPSA) is 78.5 Å². The van der Waals surface area contributed by atoms with Gasteiger partial charge in [-0.2, -0.15) is 0 Å². The minimum atomic E-state index is -0.991. The van der Waals surface area contributed by atoms with Gasteiger partial charge in [-0.1, -0.05) is 13.8 Å². The highest BCUT2D eigenvalue weighted by Gasteiger charge is 2.52. The third-order valence-corrected chi connectivity index (χ3v) is 4.75. The molecule has 1 atom stereocenters. The van der Waals surface area contributed by atoms with Crippen LogP contribution in [0.15, 0.2) is 0 Å². The Kier molecular flexibility index (Phi) is 3.62. The van der Waals surface area contributed by atoms with Crippen LogP contribution in [0.2, 0.25) is 0 Å². The van der Waals surface area contributed by atoms with Crippen LogP contribution in [-0.2, 0) is 14.4 Å². The number of amides is 3. The summed E-state index contributed by atoms with van der Waals surface area (Å²) in [6, 6.07) is 0. The van der Waals surface area contributed by atoms with E-state index in [0.29, 0.717) is 6.54 Å². The van der Waals surface area contributed by atoms with Crippen LogP contribution in [0.25, 0.3) is 0 Å². The van der Waals surface area contributed by atoms with Gasteiger partial charge >= 0.3 is 0 Å². The minimum absolute atomic E-state index is 0.0496. The molecule has 2 rings (SSSR count). The maximum Gasteiger partial charge on any atom is 0.252 e. The van der Waals surface area contributed by atoms with Gasteiger partial charge in [-0.3, -0.25) is 19.7 Å². The van der Waals surface area contributed by atoms with Gasteiger partial charge in [0, 0.05) is 6.54 Å². The van der Waals surface area contributed by atoms with Gasteiger partial charge in [0.2, 0.25) is 11.8 Å². The molecule has 2 fully saturated rings. The van der Waals surface area contributed by atoms with Crippen LogP contribution >= 0.6 is 0 Å². The lowest BCUT2D eigenvalue weighted by Crippen LogP contribution is -2.68. The molecular formula is C14H23N3O3. The minimum Gasteiger partial charge on any atom is -0.319 e. The molecule has 1 unspecified atom stereocenters. The molecule has 0 bridgehead atoms. The fourth-order valence-corrected chi connectivity index (χ4v) is 3.01. The van der Waals surface area contributed by atoms with Gasteiger partial charge in [-0.15, -0.1) is 0 Å². The molecule has 2 saturated heterocycles. The van der Waals surface area contributed by atoms with Crippen LogP contribution in [-0.4, -0.2) is 47.8 Å². The van der Waals surface area contributed by atoms with E-state index in [2.05, 4.69) is 10.6 Å². The van der Waals surface area contributed by atoms with Gasteiger partial charge in [0.25, 0.3) is 5.91 Å². The molecule has 2 heterocycles. The van der Waals surface area contributed by atoms with Crippen LogP contribution in [0.1, 0.15) is 34.1 Å². The second-order valence-corrected chi connectivity index (χ2v) is 6.57. The maximum absolute atomic E-state index is 13.0. The predicted molar refractivity (Wildman–Crippen MR) is 73.7 cm³/mol. The van der Waals surface area contributed by atoms with Crippen molar-refractivity contribution in [2.24, 2.45) is 11.3 Å². The highest BCUT2D eigenvalue weighted by atomic mass is 16.2. The average molecular weight is 281 g/mol. The molecule has 0 aliphatic carbocycles. The Labute approximate surface area is 119 Å².